The quantitative estimate of drug-likeness (QED) is 0.856. The number of rotatable bonds is 4. The van der Waals surface area contributed by atoms with Crippen molar-refractivity contribution in [2.24, 2.45) is 0 Å². The minimum atomic E-state index is -0.00360. The number of methoxy groups -OCH3 is 2. The van der Waals surface area contributed by atoms with Crippen LogP contribution in [0.2, 0.25) is 0 Å². The van der Waals surface area contributed by atoms with Crippen molar-refractivity contribution in [3.63, 3.8) is 0 Å². The molecule has 1 amide bonds. The first-order valence-corrected chi connectivity index (χ1v) is 7.93. The second-order valence-corrected chi connectivity index (χ2v) is 5.80. The molecule has 1 aliphatic heterocycles. The van der Waals surface area contributed by atoms with E-state index in [1.54, 1.807) is 39.3 Å². The van der Waals surface area contributed by atoms with Crippen LogP contribution in [0, 0.1) is 6.92 Å². The fourth-order valence-electron chi connectivity index (χ4n) is 2.96. The van der Waals surface area contributed by atoms with Crippen LogP contribution in [0.15, 0.2) is 22.6 Å². The molecular formula is C17H21N3O4. The van der Waals surface area contributed by atoms with E-state index in [0.29, 0.717) is 41.9 Å². The predicted molar refractivity (Wildman–Crippen MR) is 86.5 cm³/mol. The molecule has 3 rings (SSSR count). The van der Waals surface area contributed by atoms with E-state index < -0.39 is 0 Å². The number of ether oxygens (including phenoxy) is 2. The number of piperidine rings is 1. The minimum Gasteiger partial charge on any atom is -0.493 e. The fourth-order valence-corrected chi connectivity index (χ4v) is 2.96. The van der Waals surface area contributed by atoms with Crippen molar-refractivity contribution in [3.8, 4) is 11.5 Å². The van der Waals surface area contributed by atoms with E-state index in [0.717, 1.165) is 12.8 Å². The fraction of sp³-hybridized carbons (Fsp3) is 0.471. The van der Waals surface area contributed by atoms with Crippen LogP contribution in [0.4, 0.5) is 0 Å². The van der Waals surface area contributed by atoms with Gasteiger partial charge in [-0.05, 0) is 31.0 Å². The summed E-state index contributed by atoms with van der Waals surface area (Å²) in [6, 6.07) is 5.23. The van der Waals surface area contributed by atoms with E-state index in [1.165, 1.54) is 0 Å². The Hall–Kier alpha value is -2.57. The van der Waals surface area contributed by atoms with Crippen molar-refractivity contribution in [1.82, 2.24) is 15.1 Å². The number of carbonyl (C=O) groups is 1. The van der Waals surface area contributed by atoms with Crippen LogP contribution >= 0.6 is 0 Å². The summed E-state index contributed by atoms with van der Waals surface area (Å²) in [7, 11) is 3.13. The molecule has 7 heteroatoms. The Labute approximate surface area is 140 Å². The highest BCUT2D eigenvalue weighted by molar-refractivity contribution is 5.95. The summed E-state index contributed by atoms with van der Waals surface area (Å²) in [5, 5.41) is 7.96. The first-order chi connectivity index (χ1) is 11.6. The van der Waals surface area contributed by atoms with Gasteiger partial charge in [-0.2, -0.15) is 0 Å². The van der Waals surface area contributed by atoms with Crippen molar-refractivity contribution in [2.75, 3.05) is 27.3 Å². The number of benzene rings is 1. The van der Waals surface area contributed by atoms with Crippen LogP contribution in [-0.2, 0) is 0 Å². The molecule has 0 spiro atoms. The zero-order valence-electron chi connectivity index (χ0n) is 14.1. The van der Waals surface area contributed by atoms with Crippen LogP contribution in [0.25, 0.3) is 0 Å². The molecule has 2 heterocycles. The third-order valence-electron chi connectivity index (χ3n) is 4.30. The van der Waals surface area contributed by atoms with E-state index in [9.17, 15) is 4.79 Å². The van der Waals surface area contributed by atoms with Crippen molar-refractivity contribution in [1.29, 1.82) is 0 Å². The van der Waals surface area contributed by atoms with Gasteiger partial charge in [0.25, 0.3) is 5.91 Å². The van der Waals surface area contributed by atoms with Crippen molar-refractivity contribution < 1.29 is 18.7 Å². The highest BCUT2D eigenvalue weighted by Gasteiger charge is 2.28. The molecule has 2 aromatic rings. The van der Waals surface area contributed by atoms with Crippen LogP contribution in [0.3, 0.4) is 0 Å². The van der Waals surface area contributed by atoms with Gasteiger partial charge in [-0.1, -0.05) is 0 Å². The summed E-state index contributed by atoms with van der Waals surface area (Å²) in [5.74, 6) is 2.63. The van der Waals surface area contributed by atoms with Crippen molar-refractivity contribution in [3.05, 3.63) is 35.5 Å². The maximum atomic E-state index is 12.7. The standard InChI is InChI=1S/C17H21N3O4/c1-11-18-19-16(24-11)12-6-8-20(9-7-12)17(21)13-4-5-14(22-2)15(10-13)23-3/h4-5,10,12H,6-9H2,1-3H3. The Balaban J connectivity index is 1.67. The molecule has 0 saturated carbocycles. The number of likely N-dealkylation sites (tertiary alicyclic amines) is 1. The van der Waals surface area contributed by atoms with Gasteiger partial charge in [0, 0.05) is 31.5 Å². The maximum absolute atomic E-state index is 12.7. The average Bonchev–Trinajstić information content (AvgIpc) is 3.07. The molecule has 0 N–H and O–H groups in total. The zero-order chi connectivity index (χ0) is 17.1. The molecule has 1 aromatic heterocycles. The van der Waals surface area contributed by atoms with Crippen LogP contribution in [-0.4, -0.2) is 48.3 Å². The smallest absolute Gasteiger partial charge is 0.253 e. The molecule has 1 aromatic carbocycles. The number of amides is 1. The van der Waals surface area contributed by atoms with Crippen molar-refractivity contribution >= 4 is 5.91 Å². The lowest BCUT2D eigenvalue weighted by Gasteiger charge is -2.30. The number of nitrogens with zero attached hydrogens (tertiary/aromatic N) is 3. The van der Waals surface area contributed by atoms with E-state index in [1.807, 2.05) is 4.90 Å². The Kier molecular flexibility index (Phi) is 4.69. The molecule has 1 saturated heterocycles. The van der Waals surface area contributed by atoms with Crippen molar-refractivity contribution in [2.45, 2.75) is 25.7 Å². The first-order valence-electron chi connectivity index (χ1n) is 7.93. The molecule has 0 unspecified atom stereocenters. The van der Waals surface area contributed by atoms with Gasteiger partial charge in [0.2, 0.25) is 11.8 Å². The number of aromatic nitrogens is 2. The third kappa shape index (κ3) is 3.20. The van der Waals surface area contributed by atoms with Gasteiger partial charge in [0.15, 0.2) is 11.5 Å². The van der Waals surface area contributed by atoms with E-state index >= 15 is 0 Å². The normalized spacial score (nSPS) is 15.4. The largest absolute Gasteiger partial charge is 0.493 e. The lowest BCUT2D eigenvalue weighted by Crippen LogP contribution is -2.38. The number of hydrogen-bond acceptors (Lipinski definition) is 6. The van der Waals surface area contributed by atoms with Gasteiger partial charge in [0.05, 0.1) is 14.2 Å². The highest BCUT2D eigenvalue weighted by atomic mass is 16.5. The summed E-state index contributed by atoms with van der Waals surface area (Å²) >= 11 is 0. The number of carbonyl (C=O) groups excluding carboxylic acids is 1. The molecule has 24 heavy (non-hydrogen) atoms. The molecule has 0 atom stereocenters. The van der Waals surface area contributed by atoms with Gasteiger partial charge >= 0.3 is 0 Å². The molecule has 0 bridgehead atoms. The first kappa shape index (κ1) is 16.3. The van der Waals surface area contributed by atoms with Gasteiger partial charge in [-0.15, -0.1) is 10.2 Å². The maximum Gasteiger partial charge on any atom is 0.253 e. The average molecular weight is 331 g/mol. The van der Waals surface area contributed by atoms with Crippen LogP contribution in [0.5, 0.6) is 11.5 Å². The number of aryl methyl sites for hydroxylation is 1. The Bertz CT molecular complexity index is 720. The SMILES string of the molecule is COc1ccc(C(=O)N2CCC(c3nnc(C)o3)CC2)cc1OC. The molecule has 0 aliphatic carbocycles. The topological polar surface area (TPSA) is 77.7 Å². The zero-order valence-corrected chi connectivity index (χ0v) is 14.1. The third-order valence-corrected chi connectivity index (χ3v) is 4.30. The molecular weight excluding hydrogens is 310 g/mol. The molecule has 1 fully saturated rings. The highest BCUT2D eigenvalue weighted by Crippen LogP contribution is 2.30. The summed E-state index contributed by atoms with van der Waals surface area (Å²) in [5.41, 5.74) is 0.597. The van der Waals surface area contributed by atoms with Gasteiger partial charge < -0.3 is 18.8 Å². The Morgan fingerprint density at radius 1 is 1.17 bits per heavy atom. The van der Waals surface area contributed by atoms with E-state index in [2.05, 4.69) is 10.2 Å². The summed E-state index contributed by atoms with van der Waals surface area (Å²) < 4.78 is 16.0. The summed E-state index contributed by atoms with van der Waals surface area (Å²) in [6.45, 7) is 3.12. The molecule has 1 aliphatic rings. The summed E-state index contributed by atoms with van der Waals surface area (Å²) in [4.78, 5) is 14.5. The lowest BCUT2D eigenvalue weighted by molar-refractivity contribution is 0.0705. The predicted octanol–water partition coefficient (Wildman–Crippen LogP) is 2.42. The van der Waals surface area contributed by atoms with Gasteiger partial charge in [0.1, 0.15) is 0 Å². The number of hydrogen-bond donors (Lipinski definition) is 0. The Morgan fingerprint density at radius 3 is 2.46 bits per heavy atom. The van der Waals surface area contributed by atoms with Gasteiger partial charge in [-0.25, -0.2) is 0 Å². The van der Waals surface area contributed by atoms with E-state index in [-0.39, 0.29) is 11.8 Å². The van der Waals surface area contributed by atoms with E-state index in [4.69, 9.17) is 13.9 Å². The molecule has 0 radical (unpaired) electrons. The summed E-state index contributed by atoms with van der Waals surface area (Å²) in [6.07, 6.45) is 1.64. The van der Waals surface area contributed by atoms with Gasteiger partial charge in [-0.3, -0.25) is 4.79 Å². The molecule has 7 nitrogen and oxygen atoms in total. The lowest BCUT2D eigenvalue weighted by atomic mass is 9.96. The minimum absolute atomic E-state index is 0.00360. The Morgan fingerprint density at radius 2 is 1.88 bits per heavy atom. The molecule has 128 valence electrons. The van der Waals surface area contributed by atoms with Crippen LogP contribution < -0.4 is 9.47 Å². The monoisotopic (exact) mass is 331 g/mol. The van der Waals surface area contributed by atoms with Crippen LogP contribution in [0.1, 0.15) is 40.9 Å². The second kappa shape index (κ2) is 6.90. The second-order valence-electron chi connectivity index (χ2n) is 5.80.